The first-order valence-corrected chi connectivity index (χ1v) is 11.1. The quantitative estimate of drug-likeness (QED) is 0.213. The monoisotopic (exact) mass is 444 g/mol. The number of hydrogen-bond acceptors (Lipinski definition) is 9. The van der Waals surface area contributed by atoms with Gasteiger partial charge in [0, 0.05) is 25.2 Å². The highest BCUT2D eigenvalue weighted by atomic mass is 16.6. The van der Waals surface area contributed by atoms with E-state index >= 15 is 0 Å². The van der Waals surface area contributed by atoms with Gasteiger partial charge in [0.25, 0.3) is 0 Å². The Morgan fingerprint density at radius 3 is 1.81 bits per heavy atom. The van der Waals surface area contributed by atoms with E-state index in [0.29, 0.717) is 44.8 Å². The van der Waals surface area contributed by atoms with Crippen molar-refractivity contribution in [2.45, 2.75) is 90.8 Å². The van der Waals surface area contributed by atoms with Crippen LogP contribution < -0.4 is 11.3 Å². The third-order valence-corrected chi connectivity index (χ3v) is 4.38. The number of amides is 1. The smallest absolute Gasteiger partial charge is 0.422 e. The van der Waals surface area contributed by atoms with E-state index in [4.69, 9.17) is 20.1 Å². The molecule has 0 radical (unpaired) electrons. The lowest BCUT2D eigenvalue weighted by molar-refractivity contribution is -0.144. The lowest BCUT2D eigenvalue weighted by Crippen LogP contribution is -2.46. The van der Waals surface area contributed by atoms with E-state index in [0.717, 1.165) is 12.8 Å². The molecular weight excluding hydrogens is 404 g/mol. The normalized spacial score (nSPS) is 15.7. The van der Waals surface area contributed by atoms with Crippen LogP contribution in [0.15, 0.2) is 0 Å². The van der Waals surface area contributed by atoms with Gasteiger partial charge >= 0.3 is 18.0 Å². The molecule has 0 heterocycles. The van der Waals surface area contributed by atoms with Crippen LogP contribution in [0.5, 0.6) is 0 Å². The van der Waals surface area contributed by atoms with Crippen LogP contribution >= 0.6 is 0 Å². The Hall–Kier alpha value is -1.91. The third-order valence-electron chi connectivity index (χ3n) is 4.38. The second kappa shape index (κ2) is 13.5. The number of carbonyl (C=O) groups excluding carboxylic acids is 3. The molecular formula is C21H40N4O6. The van der Waals surface area contributed by atoms with E-state index in [1.54, 1.807) is 23.9 Å². The molecule has 0 atom stereocenters. The molecule has 0 spiro atoms. The van der Waals surface area contributed by atoms with Crippen LogP contribution in [-0.4, -0.2) is 72.0 Å². The standard InChI is InChI=1S/C13H24N2O4.C8H16N2O2/c1-5-18-11(16)8-9-15(10-6-7-10)14-12(17)19-13(2,3)4;1-2-12-8(11)5-6-10(9)7-3-4-7/h10H,5-9H2,1-4H3,(H,14,17);7H,2-6,9H2,1H3. The molecule has 2 aliphatic carbocycles. The summed E-state index contributed by atoms with van der Waals surface area (Å²) in [6.45, 7) is 10.9. The van der Waals surface area contributed by atoms with Gasteiger partial charge in [-0.3, -0.25) is 20.9 Å². The summed E-state index contributed by atoms with van der Waals surface area (Å²) >= 11 is 0. The van der Waals surface area contributed by atoms with Crippen molar-refractivity contribution in [3.8, 4) is 0 Å². The molecule has 180 valence electrons. The number of ether oxygens (including phenoxy) is 3. The van der Waals surface area contributed by atoms with Gasteiger partial charge < -0.3 is 14.2 Å². The Labute approximate surface area is 185 Å². The molecule has 0 aromatic carbocycles. The number of carbonyl (C=O) groups is 3. The highest BCUT2D eigenvalue weighted by Crippen LogP contribution is 2.25. The number of rotatable bonds is 11. The molecule has 0 aromatic heterocycles. The minimum absolute atomic E-state index is 0.159. The molecule has 0 bridgehead atoms. The van der Waals surface area contributed by atoms with E-state index in [-0.39, 0.29) is 18.4 Å². The van der Waals surface area contributed by atoms with Gasteiger partial charge in [0.05, 0.1) is 26.1 Å². The molecule has 1 amide bonds. The SMILES string of the molecule is CCOC(=O)CCN(N)C1CC1.CCOC(=O)CCN(NC(=O)OC(C)(C)C)C1CC1. The summed E-state index contributed by atoms with van der Waals surface area (Å²) in [5.74, 6) is 5.24. The van der Waals surface area contributed by atoms with Crippen LogP contribution in [0.4, 0.5) is 4.79 Å². The summed E-state index contributed by atoms with van der Waals surface area (Å²) < 4.78 is 14.8. The van der Waals surface area contributed by atoms with Crippen molar-refractivity contribution in [1.82, 2.24) is 15.4 Å². The van der Waals surface area contributed by atoms with Crippen LogP contribution in [-0.2, 0) is 23.8 Å². The predicted molar refractivity (Wildman–Crippen MR) is 116 cm³/mol. The fourth-order valence-corrected chi connectivity index (χ4v) is 2.62. The first-order valence-electron chi connectivity index (χ1n) is 11.1. The first-order chi connectivity index (χ1) is 14.6. The average molecular weight is 445 g/mol. The van der Waals surface area contributed by atoms with Gasteiger partial charge in [-0.1, -0.05) is 0 Å². The first kappa shape index (κ1) is 27.1. The number of hydrazine groups is 2. The molecule has 10 nitrogen and oxygen atoms in total. The summed E-state index contributed by atoms with van der Waals surface area (Å²) in [6, 6.07) is 0.821. The van der Waals surface area contributed by atoms with Crippen molar-refractivity contribution in [3.63, 3.8) is 0 Å². The fraction of sp³-hybridized carbons (Fsp3) is 0.857. The van der Waals surface area contributed by atoms with Gasteiger partial charge in [0.15, 0.2) is 0 Å². The molecule has 2 aliphatic rings. The van der Waals surface area contributed by atoms with Gasteiger partial charge in [0.2, 0.25) is 0 Å². The second-order valence-electron chi connectivity index (χ2n) is 8.62. The van der Waals surface area contributed by atoms with Crippen molar-refractivity contribution >= 4 is 18.0 Å². The molecule has 0 unspecified atom stereocenters. The maximum Gasteiger partial charge on any atom is 0.422 e. The van der Waals surface area contributed by atoms with Crippen LogP contribution in [0.1, 0.15) is 73.1 Å². The summed E-state index contributed by atoms with van der Waals surface area (Å²) in [4.78, 5) is 33.9. The molecule has 0 aromatic rings. The predicted octanol–water partition coefficient (Wildman–Crippen LogP) is 2.12. The topological polar surface area (TPSA) is 123 Å². The molecule has 0 saturated heterocycles. The van der Waals surface area contributed by atoms with E-state index in [1.807, 2.05) is 20.8 Å². The molecule has 31 heavy (non-hydrogen) atoms. The van der Waals surface area contributed by atoms with E-state index in [1.165, 1.54) is 12.8 Å². The lowest BCUT2D eigenvalue weighted by atomic mass is 10.2. The number of hydrogen-bond donors (Lipinski definition) is 2. The highest BCUT2D eigenvalue weighted by molar-refractivity contribution is 5.70. The average Bonchev–Trinajstić information content (AvgIpc) is 3.55. The van der Waals surface area contributed by atoms with Gasteiger partial charge in [-0.2, -0.15) is 0 Å². The molecule has 2 rings (SSSR count). The van der Waals surface area contributed by atoms with Crippen LogP contribution in [0.2, 0.25) is 0 Å². The Balaban J connectivity index is 0.000000343. The highest BCUT2D eigenvalue weighted by Gasteiger charge is 2.31. The molecule has 0 aliphatic heterocycles. The van der Waals surface area contributed by atoms with Crippen molar-refractivity contribution in [3.05, 3.63) is 0 Å². The lowest BCUT2D eigenvalue weighted by Gasteiger charge is -2.25. The Kier molecular flexibility index (Phi) is 11.8. The molecule has 2 saturated carbocycles. The van der Waals surface area contributed by atoms with Crippen LogP contribution in [0, 0.1) is 0 Å². The zero-order valence-corrected chi connectivity index (χ0v) is 19.6. The summed E-state index contributed by atoms with van der Waals surface area (Å²) in [7, 11) is 0. The van der Waals surface area contributed by atoms with E-state index in [9.17, 15) is 14.4 Å². The molecule has 10 heteroatoms. The minimum Gasteiger partial charge on any atom is -0.466 e. The van der Waals surface area contributed by atoms with Crippen molar-refractivity contribution < 1.29 is 28.6 Å². The third kappa shape index (κ3) is 13.9. The minimum atomic E-state index is -0.527. The Morgan fingerprint density at radius 2 is 1.39 bits per heavy atom. The van der Waals surface area contributed by atoms with Crippen LogP contribution in [0.3, 0.4) is 0 Å². The molecule has 2 fully saturated rings. The maximum absolute atomic E-state index is 11.7. The maximum atomic E-state index is 11.7. The van der Waals surface area contributed by atoms with Gasteiger partial charge in [-0.05, 0) is 60.3 Å². The van der Waals surface area contributed by atoms with Crippen LogP contribution in [0.25, 0.3) is 0 Å². The number of esters is 2. The number of nitrogens with two attached hydrogens (primary N) is 1. The largest absolute Gasteiger partial charge is 0.466 e. The zero-order chi connectivity index (χ0) is 23.4. The number of nitrogens with one attached hydrogen (secondary N) is 1. The van der Waals surface area contributed by atoms with Crippen molar-refractivity contribution in [1.29, 1.82) is 0 Å². The molecule has 3 N–H and O–H groups in total. The van der Waals surface area contributed by atoms with Crippen molar-refractivity contribution in [2.24, 2.45) is 5.84 Å². The van der Waals surface area contributed by atoms with Gasteiger partial charge in [0.1, 0.15) is 5.60 Å². The summed E-state index contributed by atoms with van der Waals surface area (Å²) in [5, 5.41) is 3.50. The summed E-state index contributed by atoms with van der Waals surface area (Å²) in [5.41, 5.74) is 2.17. The van der Waals surface area contributed by atoms with E-state index < -0.39 is 11.7 Å². The zero-order valence-electron chi connectivity index (χ0n) is 19.6. The Morgan fingerprint density at radius 1 is 0.903 bits per heavy atom. The van der Waals surface area contributed by atoms with Gasteiger partial charge in [-0.15, -0.1) is 0 Å². The fourth-order valence-electron chi connectivity index (χ4n) is 2.62. The Bertz CT molecular complexity index is 573. The van der Waals surface area contributed by atoms with Gasteiger partial charge in [-0.25, -0.2) is 14.8 Å². The van der Waals surface area contributed by atoms with E-state index in [2.05, 4.69) is 5.43 Å². The second-order valence-corrected chi connectivity index (χ2v) is 8.62. The number of nitrogens with zero attached hydrogens (tertiary/aromatic N) is 2. The van der Waals surface area contributed by atoms with Crippen molar-refractivity contribution in [2.75, 3.05) is 26.3 Å². The summed E-state index contributed by atoms with van der Waals surface area (Å²) in [6.07, 6.45) is 4.57.